The van der Waals surface area contributed by atoms with Crippen molar-refractivity contribution in [3.63, 3.8) is 0 Å². The predicted molar refractivity (Wildman–Crippen MR) is 119 cm³/mol. The molecule has 0 saturated carbocycles. The van der Waals surface area contributed by atoms with Crippen LogP contribution in [0.4, 0.5) is 11.4 Å². The summed E-state index contributed by atoms with van der Waals surface area (Å²) < 4.78 is 5.28. The Labute approximate surface area is 184 Å². The lowest BCUT2D eigenvalue weighted by Gasteiger charge is -2.24. The molecule has 2 amide bonds. The van der Waals surface area contributed by atoms with Crippen LogP contribution in [0.3, 0.4) is 0 Å². The van der Waals surface area contributed by atoms with Crippen molar-refractivity contribution < 1.29 is 19.1 Å². The summed E-state index contributed by atoms with van der Waals surface area (Å²) in [4.78, 5) is 38.0. The number of aryl methyl sites for hydroxylation is 3. The summed E-state index contributed by atoms with van der Waals surface area (Å²) in [6.45, 7) is 7.33. The van der Waals surface area contributed by atoms with Crippen LogP contribution >= 0.6 is 23.4 Å². The van der Waals surface area contributed by atoms with Gasteiger partial charge in [0, 0.05) is 15.6 Å². The van der Waals surface area contributed by atoms with E-state index in [1.54, 1.807) is 18.2 Å². The van der Waals surface area contributed by atoms with Crippen molar-refractivity contribution in [2.24, 2.45) is 0 Å². The van der Waals surface area contributed by atoms with E-state index in [4.69, 9.17) is 16.3 Å². The molecule has 0 radical (unpaired) electrons. The van der Waals surface area contributed by atoms with E-state index in [1.165, 1.54) is 18.7 Å². The third kappa shape index (κ3) is 5.15. The monoisotopic (exact) mass is 446 g/mol. The van der Waals surface area contributed by atoms with Crippen molar-refractivity contribution in [3.05, 3.63) is 52.0 Å². The number of esters is 1. The van der Waals surface area contributed by atoms with E-state index in [0.717, 1.165) is 21.6 Å². The zero-order valence-electron chi connectivity index (χ0n) is 17.2. The standard InChI is InChI=1S/C22H23ClN2O4S/c1-11-7-12(2)20(13(3)8-11)25-21(27)14(4)29-19(26)10-18-22(28)24-16-9-15(23)5-6-17(16)30-18/h5-9,14,18H,10H2,1-4H3,(H,24,28)(H,25,27)/t14-,18+/m0/s1. The maximum absolute atomic E-state index is 12.5. The first kappa shape index (κ1) is 22.2. The topological polar surface area (TPSA) is 84.5 Å². The van der Waals surface area contributed by atoms with Crippen molar-refractivity contribution >= 4 is 52.5 Å². The highest BCUT2D eigenvalue weighted by Gasteiger charge is 2.31. The highest BCUT2D eigenvalue weighted by Crippen LogP contribution is 2.38. The summed E-state index contributed by atoms with van der Waals surface area (Å²) in [5.41, 5.74) is 4.32. The van der Waals surface area contributed by atoms with E-state index in [-0.39, 0.29) is 12.3 Å². The van der Waals surface area contributed by atoms with Crippen LogP contribution in [0.2, 0.25) is 5.02 Å². The van der Waals surface area contributed by atoms with Crippen LogP contribution < -0.4 is 10.6 Å². The van der Waals surface area contributed by atoms with E-state index in [2.05, 4.69) is 10.6 Å². The van der Waals surface area contributed by atoms with Gasteiger partial charge in [0.25, 0.3) is 5.91 Å². The molecule has 1 aliphatic rings. The zero-order chi connectivity index (χ0) is 22.0. The van der Waals surface area contributed by atoms with Gasteiger partial charge < -0.3 is 15.4 Å². The van der Waals surface area contributed by atoms with E-state index >= 15 is 0 Å². The second-order valence-corrected chi connectivity index (χ2v) is 9.02. The summed E-state index contributed by atoms with van der Waals surface area (Å²) in [6.07, 6.45) is -1.13. The Morgan fingerprint density at radius 3 is 2.53 bits per heavy atom. The number of anilines is 2. The second kappa shape index (κ2) is 9.10. The number of halogens is 1. The van der Waals surface area contributed by atoms with Crippen molar-refractivity contribution in [2.45, 2.75) is 50.4 Å². The fraction of sp³-hybridized carbons (Fsp3) is 0.318. The van der Waals surface area contributed by atoms with Crippen LogP contribution in [0, 0.1) is 20.8 Å². The molecule has 0 aromatic heterocycles. The van der Waals surface area contributed by atoms with Crippen molar-refractivity contribution in [2.75, 3.05) is 10.6 Å². The fourth-order valence-corrected chi connectivity index (χ4v) is 4.56. The Hall–Kier alpha value is -2.51. The molecule has 0 saturated heterocycles. The number of hydrogen-bond acceptors (Lipinski definition) is 5. The number of amides is 2. The Morgan fingerprint density at radius 1 is 1.20 bits per heavy atom. The SMILES string of the molecule is Cc1cc(C)c(NC(=O)[C@H](C)OC(=O)C[C@H]2Sc3ccc(Cl)cc3NC2=O)c(C)c1. The number of fused-ring (bicyclic) bond motifs is 1. The third-order valence-corrected chi connectivity index (χ3v) is 6.23. The maximum Gasteiger partial charge on any atom is 0.308 e. The van der Waals surface area contributed by atoms with Crippen molar-refractivity contribution in [3.8, 4) is 0 Å². The minimum atomic E-state index is -0.986. The Bertz CT molecular complexity index is 1000. The molecule has 0 fully saturated rings. The van der Waals surface area contributed by atoms with Gasteiger partial charge in [-0.25, -0.2) is 0 Å². The van der Waals surface area contributed by atoms with Gasteiger partial charge in [-0.15, -0.1) is 11.8 Å². The fourth-order valence-electron chi connectivity index (χ4n) is 3.31. The maximum atomic E-state index is 12.5. The molecule has 1 heterocycles. The van der Waals surface area contributed by atoms with Gasteiger partial charge >= 0.3 is 5.97 Å². The van der Waals surface area contributed by atoms with Crippen LogP contribution in [0.5, 0.6) is 0 Å². The lowest BCUT2D eigenvalue weighted by Crippen LogP contribution is -2.34. The van der Waals surface area contributed by atoms with Gasteiger partial charge in [-0.3, -0.25) is 14.4 Å². The number of nitrogens with one attached hydrogen (secondary N) is 2. The van der Waals surface area contributed by atoms with Gasteiger partial charge in [-0.2, -0.15) is 0 Å². The number of ether oxygens (including phenoxy) is 1. The first-order valence-electron chi connectivity index (χ1n) is 9.49. The van der Waals surface area contributed by atoms with E-state index in [0.29, 0.717) is 16.4 Å². The molecular formula is C22H23ClN2O4S. The summed E-state index contributed by atoms with van der Waals surface area (Å²) in [6, 6.07) is 9.13. The van der Waals surface area contributed by atoms with Crippen LogP contribution in [-0.4, -0.2) is 29.1 Å². The minimum Gasteiger partial charge on any atom is -0.452 e. The molecule has 0 unspecified atom stereocenters. The second-order valence-electron chi connectivity index (χ2n) is 7.34. The molecule has 2 aromatic carbocycles. The predicted octanol–water partition coefficient (Wildman–Crippen LogP) is 4.64. The Balaban J connectivity index is 1.59. The first-order valence-corrected chi connectivity index (χ1v) is 10.7. The van der Waals surface area contributed by atoms with Crippen LogP contribution in [0.15, 0.2) is 35.2 Å². The summed E-state index contributed by atoms with van der Waals surface area (Å²) in [7, 11) is 0. The summed E-state index contributed by atoms with van der Waals surface area (Å²) >= 11 is 7.22. The van der Waals surface area contributed by atoms with Crippen molar-refractivity contribution in [1.82, 2.24) is 0 Å². The van der Waals surface area contributed by atoms with Gasteiger partial charge in [0.05, 0.1) is 17.4 Å². The molecule has 158 valence electrons. The van der Waals surface area contributed by atoms with Gasteiger partial charge in [0.2, 0.25) is 5.91 Å². The average Bonchev–Trinajstić information content (AvgIpc) is 2.65. The van der Waals surface area contributed by atoms with Crippen molar-refractivity contribution in [1.29, 1.82) is 0 Å². The number of hydrogen-bond donors (Lipinski definition) is 2. The summed E-state index contributed by atoms with van der Waals surface area (Å²) in [5, 5.41) is 5.46. The lowest BCUT2D eigenvalue weighted by atomic mass is 10.0. The van der Waals surface area contributed by atoms with E-state index in [1.807, 2.05) is 32.9 Å². The van der Waals surface area contributed by atoms with Gasteiger partial charge in [-0.1, -0.05) is 29.3 Å². The molecule has 30 heavy (non-hydrogen) atoms. The van der Waals surface area contributed by atoms with E-state index in [9.17, 15) is 14.4 Å². The molecule has 3 rings (SSSR count). The molecule has 6 nitrogen and oxygen atoms in total. The van der Waals surface area contributed by atoms with Crippen LogP contribution in [-0.2, 0) is 19.1 Å². The minimum absolute atomic E-state index is 0.140. The summed E-state index contributed by atoms with van der Waals surface area (Å²) in [5.74, 6) is -1.33. The molecule has 0 bridgehead atoms. The average molecular weight is 447 g/mol. The quantitative estimate of drug-likeness (QED) is 0.653. The Morgan fingerprint density at radius 2 is 1.87 bits per heavy atom. The largest absolute Gasteiger partial charge is 0.452 e. The molecule has 8 heteroatoms. The third-order valence-electron chi connectivity index (χ3n) is 4.72. The first-order chi connectivity index (χ1) is 14.1. The number of benzene rings is 2. The number of rotatable bonds is 5. The van der Waals surface area contributed by atoms with Gasteiger partial charge in [-0.05, 0) is 57.0 Å². The van der Waals surface area contributed by atoms with Gasteiger partial charge in [0.15, 0.2) is 6.10 Å². The van der Waals surface area contributed by atoms with Gasteiger partial charge in [0.1, 0.15) is 0 Å². The van der Waals surface area contributed by atoms with Crippen LogP contribution in [0.1, 0.15) is 30.0 Å². The molecule has 0 spiro atoms. The molecule has 2 aromatic rings. The number of thioether (sulfide) groups is 1. The van der Waals surface area contributed by atoms with Crippen LogP contribution in [0.25, 0.3) is 0 Å². The molecule has 0 aliphatic carbocycles. The number of carbonyl (C=O) groups excluding carboxylic acids is 3. The lowest BCUT2D eigenvalue weighted by molar-refractivity contribution is -0.153. The molecular weight excluding hydrogens is 424 g/mol. The van der Waals surface area contributed by atoms with E-state index < -0.39 is 23.2 Å². The molecule has 1 aliphatic heterocycles. The normalized spacial score (nSPS) is 16.3. The number of carbonyl (C=O) groups is 3. The molecule has 2 atom stereocenters. The molecule has 2 N–H and O–H groups in total. The highest BCUT2D eigenvalue weighted by molar-refractivity contribution is 8.01. The zero-order valence-corrected chi connectivity index (χ0v) is 18.7. The highest BCUT2D eigenvalue weighted by atomic mass is 35.5. The Kier molecular flexibility index (Phi) is 6.73. The smallest absolute Gasteiger partial charge is 0.308 e.